The first kappa shape index (κ1) is 27.5. The highest BCUT2D eigenvalue weighted by Crippen LogP contribution is 2.43. The number of nitrogens with one attached hydrogen (secondary N) is 1. The SMILES string of the molecule is O=C1CCC(N2Cc3cc(C4CCN(Cc5ccc6c(c5)N(c5ccccc5)C5OC5CCC6)CC4)ccc3C2=O)C(=O)N1. The fourth-order valence-corrected chi connectivity index (χ4v) is 7.75. The van der Waals surface area contributed by atoms with Gasteiger partial charge in [-0.05, 0) is 104 Å². The number of rotatable bonds is 5. The molecule has 0 spiro atoms. The first-order valence-corrected chi connectivity index (χ1v) is 16.1. The van der Waals surface area contributed by atoms with Crippen molar-refractivity contribution in [3.8, 4) is 0 Å². The number of benzene rings is 3. The van der Waals surface area contributed by atoms with Crippen molar-refractivity contribution in [2.45, 2.75) is 82.3 Å². The second-order valence-electron chi connectivity index (χ2n) is 13.0. The van der Waals surface area contributed by atoms with Crippen LogP contribution in [-0.4, -0.2) is 59.0 Å². The van der Waals surface area contributed by atoms with Crippen LogP contribution in [-0.2, 0) is 33.8 Å². The molecule has 44 heavy (non-hydrogen) atoms. The molecular formula is C36H38N4O4. The molecule has 5 aliphatic rings. The lowest BCUT2D eigenvalue weighted by Gasteiger charge is -2.33. The lowest BCUT2D eigenvalue weighted by Crippen LogP contribution is -2.52. The van der Waals surface area contributed by atoms with Gasteiger partial charge in [0.05, 0.1) is 0 Å². The number of likely N-dealkylation sites (tertiary alicyclic amines) is 1. The number of nitrogens with zero attached hydrogens (tertiary/aromatic N) is 3. The van der Waals surface area contributed by atoms with E-state index < -0.39 is 6.04 Å². The predicted molar refractivity (Wildman–Crippen MR) is 166 cm³/mol. The van der Waals surface area contributed by atoms with Gasteiger partial charge in [0.25, 0.3) is 5.91 Å². The predicted octanol–water partition coefficient (Wildman–Crippen LogP) is 5.03. The molecule has 8 nitrogen and oxygen atoms in total. The molecule has 8 rings (SSSR count). The molecule has 3 atom stereocenters. The minimum atomic E-state index is -0.574. The summed E-state index contributed by atoms with van der Waals surface area (Å²) in [6, 6.07) is 23.3. The Morgan fingerprint density at radius 1 is 0.841 bits per heavy atom. The van der Waals surface area contributed by atoms with Crippen LogP contribution < -0.4 is 10.2 Å². The van der Waals surface area contributed by atoms with Gasteiger partial charge in [0.1, 0.15) is 12.1 Å². The Hall–Kier alpha value is -4.01. The number of hydrogen-bond acceptors (Lipinski definition) is 6. The van der Waals surface area contributed by atoms with Crippen molar-refractivity contribution in [1.82, 2.24) is 15.1 Å². The summed E-state index contributed by atoms with van der Waals surface area (Å²) in [4.78, 5) is 43.7. The molecule has 3 saturated heterocycles. The van der Waals surface area contributed by atoms with Gasteiger partial charge in [-0.2, -0.15) is 0 Å². The topological polar surface area (TPSA) is 85.5 Å². The van der Waals surface area contributed by atoms with E-state index in [2.05, 4.69) is 75.8 Å². The van der Waals surface area contributed by atoms with Crippen LogP contribution in [0, 0.1) is 0 Å². The van der Waals surface area contributed by atoms with Gasteiger partial charge in [-0.1, -0.05) is 42.5 Å². The molecule has 0 aromatic heterocycles. The zero-order valence-corrected chi connectivity index (χ0v) is 24.9. The van der Waals surface area contributed by atoms with Gasteiger partial charge in [-0.25, -0.2) is 0 Å². The van der Waals surface area contributed by atoms with Crippen molar-refractivity contribution in [2.75, 3.05) is 18.0 Å². The van der Waals surface area contributed by atoms with Crippen LogP contribution in [0.1, 0.15) is 77.1 Å². The highest BCUT2D eigenvalue weighted by Gasteiger charge is 2.45. The van der Waals surface area contributed by atoms with E-state index in [1.54, 1.807) is 4.90 Å². The summed E-state index contributed by atoms with van der Waals surface area (Å²) in [7, 11) is 0. The van der Waals surface area contributed by atoms with Crippen molar-refractivity contribution in [1.29, 1.82) is 0 Å². The Bertz CT molecular complexity index is 1620. The smallest absolute Gasteiger partial charge is 0.255 e. The molecular weight excluding hydrogens is 552 g/mol. The fraction of sp³-hybridized carbons (Fsp3) is 0.417. The summed E-state index contributed by atoms with van der Waals surface area (Å²) in [5, 5.41) is 2.39. The summed E-state index contributed by atoms with van der Waals surface area (Å²) in [6.45, 7) is 3.40. The maximum atomic E-state index is 13.1. The molecule has 3 aromatic rings. The van der Waals surface area contributed by atoms with Crippen molar-refractivity contribution in [3.05, 3.63) is 94.5 Å². The first-order valence-electron chi connectivity index (χ1n) is 16.1. The zero-order chi connectivity index (χ0) is 29.8. The number of epoxide rings is 1. The summed E-state index contributed by atoms with van der Waals surface area (Å²) < 4.78 is 6.15. The van der Waals surface area contributed by atoms with Gasteiger partial charge in [0.2, 0.25) is 11.8 Å². The highest BCUT2D eigenvalue weighted by atomic mass is 16.6. The summed E-state index contributed by atoms with van der Waals surface area (Å²) in [6.07, 6.45) is 6.60. The van der Waals surface area contributed by atoms with Gasteiger partial charge < -0.3 is 14.5 Å². The Morgan fingerprint density at radius 2 is 1.68 bits per heavy atom. The van der Waals surface area contributed by atoms with Crippen molar-refractivity contribution >= 4 is 29.1 Å². The third-order valence-electron chi connectivity index (χ3n) is 10.2. The minimum Gasteiger partial charge on any atom is -0.347 e. The van der Waals surface area contributed by atoms with Crippen LogP contribution in [0.3, 0.4) is 0 Å². The molecule has 8 heteroatoms. The van der Waals surface area contributed by atoms with Gasteiger partial charge in [0.15, 0.2) is 6.23 Å². The number of hydrogen-bond donors (Lipinski definition) is 1. The Kier molecular flexibility index (Phi) is 6.99. The van der Waals surface area contributed by atoms with E-state index in [1.165, 1.54) is 28.1 Å². The number of anilines is 2. The second-order valence-corrected chi connectivity index (χ2v) is 13.0. The molecule has 5 aliphatic heterocycles. The average molecular weight is 591 g/mol. The molecule has 1 N–H and O–H groups in total. The minimum absolute atomic E-state index is 0.109. The number of para-hydroxylation sites is 1. The summed E-state index contributed by atoms with van der Waals surface area (Å²) in [5.74, 6) is -0.286. The standard InChI is InChI=1S/C36H38N4O4/c41-33-14-13-30(34(42)37-33)39-22-27-20-26(11-12-29(27)35(39)43)24-15-17-38(18-16-24)21-23-9-10-25-5-4-8-32-36(44-32)40(31(25)19-23)28-6-2-1-3-7-28/h1-3,6-7,9-12,19-20,24,30,32,36H,4-5,8,13-18,21-22H2,(H,37,41,42). The number of amides is 3. The monoisotopic (exact) mass is 590 g/mol. The van der Waals surface area contributed by atoms with E-state index >= 15 is 0 Å². The van der Waals surface area contributed by atoms with Crippen molar-refractivity contribution in [2.24, 2.45) is 0 Å². The highest BCUT2D eigenvalue weighted by molar-refractivity contribution is 6.05. The number of aryl methyl sites for hydroxylation is 1. The first-order chi connectivity index (χ1) is 21.5. The molecule has 3 fully saturated rings. The number of fused-ring (bicyclic) bond motifs is 3. The van der Waals surface area contributed by atoms with Gasteiger partial charge in [0, 0.05) is 36.4 Å². The maximum Gasteiger partial charge on any atom is 0.255 e. The fourth-order valence-electron chi connectivity index (χ4n) is 7.75. The number of carbonyl (C=O) groups excluding carboxylic acids is 3. The van der Waals surface area contributed by atoms with Crippen LogP contribution in [0.25, 0.3) is 0 Å². The van der Waals surface area contributed by atoms with E-state index in [4.69, 9.17) is 4.74 Å². The number of carbonyl (C=O) groups is 3. The molecule has 3 aromatic carbocycles. The largest absolute Gasteiger partial charge is 0.347 e. The van der Waals surface area contributed by atoms with Crippen LogP contribution in [0.4, 0.5) is 11.4 Å². The molecule has 0 aliphatic carbocycles. The van der Waals surface area contributed by atoms with Crippen molar-refractivity contribution in [3.63, 3.8) is 0 Å². The lowest BCUT2D eigenvalue weighted by atomic mass is 9.87. The van der Waals surface area contributed by atoms with E-state index in [9.17, 15) is 14.4 Å². The molecule has 0 saturated carbocycles. The molecule has 226 valence electrons. The quantitative estimate of drug-likeness (QED) is 0.332. The molecule has 0 bridgehead atoms. The van der Waals surface area contributed by atoms with Gasteiger partial charge in [-0.15, -0.1) is 0 Å². The summed E-state index contributed by atoms with van der Waals surface area (Å²) >= 11 is 0. The Labute approximate surface area is 258 Å². The lowest BCUT2D eigenvalue weighted by molar-refractivity contribution is -0.136. The maximum absolute atomic E-state index is 13.1. The van der Waals surface area contributed by atoms with E-state index in [-0.39, 0.29) is 30.4 Å². The van der Waals surface area contributed by atoms with Crippen molar-refractivity contribution < 1.29 is 19.1 Å². The molecule has 3 amide bonds. The number of piperidine rings is 2. The number of ether oxygens (including phenoxy) is 1. The third kappa shape index (κ3) is 5.10. The van der Waals surface area contributed by atoms with Crippen LogP contribution in [0.15, 0.2) is 66.7 Å². The van der Waals surface area contributed by atoms with Crippen LogP contribution in [0.5, 0.6) is 0 Å². The number of imide groups is 1. The normalized spacial score (nSPS) is 25.5. The average Bonchev–Trinajstić information content (AvgIpc) is 3.70. The third-order valence-corrected chi connectivity index (χ3v) is 10.2. The second kappa shape index (κ2) is 11.2. The molecule has 5 heterocycles. The Balaban J connectivity index is 0.936. The van der Waals surface area contributed by atoms with E-state index in [1.807, 2.05) is 6.07 Å². The van der Waals surface area contributed by atoms with E-state index in [0.29, 0.717) is 30.6 Å². The Morgan fingerprint density at radius 3 is 2.50 bits per heavy atom. The van der Waals surface area contributed by atoms with Gasteiger partial charge >= 0.3 is 0 Å². The van der Waals surface area contributed by atoms with Crippen LogP contribution >= 0.6 is 0 Å². The zero-order valence-electron chi connectivity index (χ0n) is 24.9. The molecule has 3 unspecified atom stereocenters. The summed E-state index contributed by atoms with van der Waals surface area (Å²) in [5.41, 5.74) is 8.17. The van der Waals surface area contributed by atoms with E-state index in [0.717, 1.165) is 57.3 Å². The molecule has 0 radical (unpaired) electrons. The van der Waals surface area contributed by atoms with Gasteiger partial charge in [-0.3, -0.25) is 24.6 Å². The van der Waals surface area contributed by atoms with Crippen LogP contribution in [0.2, 0.25) is 0 Å².